The molecule has 0 spiro atoms. The zero-order chi connectivity index (χ0) is 16.6. The number of rotatable bonds is 2. The Morgan fingerprint density at radius 2 is 2.30 bits per heavy atom. The normalized spacial score (nSPS) is 25.4. The summed E-state index contributed by atoms with van der Waals surface area (Å²) < 4.78 is 5.25. The highest BCUT2D eigenvalue weighted by Crippen LogP contribution is 2.45. The molecule has 5 nitrogen and oxygen atoms in total. The Bertz CT molecular complexity index is 705. The van der Waals surface area contributed by atoms with Crippen molar-refractivity contribution in [3.8, 4) is 6.07 Å². The summed E-state index contributed by atoms with van der Waals surface area (Å²) in [6.45, 7) is 4.22. The van der Waals surface area contributed by atoms with Crippen LogP contribution in [0.5, 0.6) is 0 Å². The van der Waals surface area contributed by atoms with Gasteiger partial charge in [-0.1, -0.05) is 17.7 Å². The highest BCUT2D eigenvalue weighted by atomic mass is 16.5. The van der Waals surface area contributed by atoms with Crippen LogP contribution in [0.25, 0.3) is 0 Å². The molecule has 1 aromatic carbocycles. The first kappa shape index (κ1) is 15.4. The number of nitriles is 1. The number of aryl methyl sites for hydroxylation is 1. The monoisotopic (exact) mass is 311 g/mol. The number of hydrogen-bond acceptors (Lipinski definition) is 5. The van der Waals surface area contributed by atoms with Crippen molar-refractivity contribution < 1.29 is 9.53 Å². The van der Waals surface area contributed by atoms with E-state index in [1.165, 1.54) is 11.1 Å². The number of allylic oxidation sites excluding steroid dienone is 1. The topological polar surface area (TPSA) is 65.4 Å². The lowest BCUT2D eigenvalue weighted by Gasteiger charge is -2.45. The number of nitrogens with one attached hydrogen (secondary N) is 1. The van der Waals surface area contributed by atoms with Crippen molar-refractivity contribution in [2.75, 3.05) is 19.0 Å². The number of carbonyl (C=O) groups is 1. The second-order valence-corrected chi connectivity index (χ2v) is 6.21. The fourth-order valence-corrected chi connectivity index (χ4v) is 3.67. The van der Waals surface area contributed by atoms with E-state index in [9.17, 15) is 10.1 Å². The molecular weight excluding hydrogens is 290 g/mol. The maximum atomic E-state index is 12.4. The molecule has 0 amide bonds. The molecule has 1 aromatic rings. The van der Waals surface area contributed by atoms with Gasteiger partial charge < -0.3 is 15.0 Å². The van der Waals surface area contributed by atoms with Crippen molar-refractivity contribution in [3.63, 3.8) is 0 Å². The van der Waals surface area contributed by atoms with Gasteiger partial charge in [0, 0.05) is 30.4 Å². The van der Waals surface area contributed by atoms with Gasteiger partial charge in [0.1, 0.15) is 6.04 Å². The standard InChI is InChI=1S/C18H21N3O2/c1-4-23-18(22)16-14-8-12(9-19)10-21(3)17(14)13-7-11(2)5-6-15(13)20-16/h5-7,10,14,16-17,20H,4,8H2,1-3H3/t14-,16+,17+/m0/s1. The number of nitrogens with zero attached hydrogens (tertiary/aromatic N) is 2. The first-order valence-electron chi connectivity index (χ1n) is 7.91. The molecule has 0 aromatic heterocycles. The minimum atomic E-state index is -0.436. The molecule has 0 saturated carbocycles. The van der Waals surface area contributed by atoms with E-state index in [2.05, 4.69) is 29.3 Å². The summed E-state index contributed by atoms with van der Waals surface area (Å²) >= 11 is 0. The Hall–Kier alpha value is -2.48. The summed E-state index contributed by atoms with van der Waals surface area (Å²) in [5, 5.41) is 12.6. The SMILES string of the molecule is CCOC(=O)[C@@H]1Nc2ccc(C)cc2[C@@H]2[C@H]1CC(C#N)=CN2C. The second kappa shape index (κ2) is 5.96. The number of carbonyl (C=O) groups excluding carboxylic acids is 1. The maximum Gasteiger partial charge on any atom is 0.328 e. The fraction of sp³-hybridized carbons (Fsp3) is 0.444. The second-order valence-electron chi connectivity index (χ2n) is 6.21. The number of ether oxygens (including phenoxy) is 1. The number of hydrogen-bond donors (Lipinski definition) is 1. The van der Waals surface area contributed by atoms with E-state index in [1.807, 2.05) is 32.3 Å². The average molecular weight is 311 g/mol. The summed E-state index contributed by atoms with van der Waals surface area (Å²) in [6.07, 6.45) is 2.47. The van der Waals surface area contributed by atoms with Gasteiger partial charge in [-0.05, 0) is 31.9 Å². The number of anilines is 1. The van der Waals surface area contributed by atoms with Gasteiger partial charge in [-0.3, -0.25) is 0 Å². The van der Waals surface area contributed by atoms with Crippen LogP contribution < -0.4 is 5.32 Å². The molecule has 2 heterocycles. The Balaban J connectivity index is 2.07. The van der Waals surface area contributed by atoms with E-state index in [0.717, 1.165) is 5.69 Å². The highest BCUT2D eigenvalue weighted by Gasteiger charge is 2.44. The summed E-state index contributed by atoms with van der Waals surface area (Å²) in [4.78, 5) is 14.5. The number of benzene rings is 1. The van der Waals surface area contributed by atoms with Crippen LogP contribution in [0.3, 0.4) is 0 Å². The molecule has 5 heteroatoms. The average Bonchev–Trinajstić information content (AvgIpc) is 2.53. The van der Waals surface area contributed by atoms with Crippen LogP contribution in [-0.2, 0) is 9.53 Å². The third-order valence-electron chi connectivity index (χ3n) is 4.61. The third kappa shape index (κ3) is 2.65. The summed E-state index contributed by atoms with van der Waals surface area (Å²) in [5.74, 6) is -0.269. The zero-order valence-corrected chi connectivity index (χ0v) is 13.7. The predicted molar refractivity (Wildman–Crippen MR) is 87.5 cm³/mol. The molecule has 23 heavy (non-hydrogen) atoms. The lowest BCUT2D eigenvalue weighted by atomic mass is 9.76. The third-order valence-corrected chi connectivity index (χ3v) is 4.61. The van der Waals surface area contributed by atoms with Gasteiger partial charge in [-0.2, -0.15) is 5.26 Å². The van der Waals surface area contributed by atoms with E-state index in [1.54, 1.807) is 0 Å². The number of esters is 1. The lowest BCUT2D eigenvalue weighted by molar-refractivity contribution is -0.146. The van der Waals surface area contributed by atoms with Crippen molar-refractivity contribution in [2.24, 2.45) is 5.92 Å². The van der Waals surface area contributed by atoms with E-state index in [0.29, 0.717) is 18.6 Å². The minimum Gasteiger partial charge on any atom is -0.464 e. The molecule has 0 bridgehead atoms. The Labute approximate surface area is 136 Å². The minimum absolute atomic E-state index is 0.0204. The van der Waals surface area contributed by atoms with Crippen LogP contribution in [-0.4, -0.2) is 30.6 Å². The van der Waals surface area contributed by atoms with Gasteiger partial charge in [0.15, 0.2) is 0 Å². The van der Waals surface area contributed by atoms with Crippen molar-refractivity contribution in [2.45, 2.75) is 32.4 Å². The first-order chi connectivity index (χ1) is 11.0. The molecular formula is C18H21N3O2. The van der Waals surface area contributed by atoms with E-state index < -0.39 is 6.04 Å². The largest absolute Gasteiger partial charge is 0.464 e. The van der Waals surface area contributed by atoms with Gasteiger partial charge in [0.25, 0.3) is 0 Å². The van der Waals surface area contributed by atoms with Gasteiger partial charge >= 0.3 is 5.97 Å². The molecule has 0 aliphatic carbocycles. The molecule has 2 aliphatic heterocycles. The smallest absolute Gasteiger partial charge is 0.328 e. The van der Waals surface area contributed by atoms with Crippen LogP contribution in [0, 0.1) is 24.2 Å². The maximum absolute atomic E-state index is 12.4. The summed E-state index contributed by atoms with van der Waals surface area (Å²) in [7, 11) is 1.97. The summed E-state index contributed by atoms with van der Waals surface area (Å²) in [6, 6.07) is 8.08. The van der Waals surface area contributed by atoms with E-state index in [4.69, 9.17) is 4.74 Å². The molecule has 0 saturated heterocycles. The fourth-order valence-electron chi connectivity index (χ4n) is 3.67. The van der Waals surface area contributed by atoms with Crippen molar-refractivity contribution >= 4 is 11.7 Å². The van der Waals surface area contributed by atoms with E-state index >= 15 is 0 Å². The van der Waals surface area contributed by atoms with Crippen molar-refractivity contribution in [1.29, 1.82) is 5.26 Å². The highest BCUT2D eigenvalue weighted by molar-refractivity contribution is 5.82. The van der Waals surface area contributed by atoms with Crippen LogP contribution in [0.15, 0.2) is 30.0 Å². The van der Waals surface area contributed by atoms with Gasteiger partial charge in [0.2, 0.25) is 0 Å². The van der Waals surface area contributed by atoms with Crippen LogP contribution in [0.1, 0.15) is 30.5 Å². The van der Waals surface area contributed by atoms with Crippen LogP contribution >= 0.6 is 0 Å². The van der Waals surface area contributed by atoms with Gasteiger partial charge in [-0.25, -0.2) is 4.79 Å². The Morgan fingerprint density at radius 3 is 3.00 bits per heavy atom. The molecule has 0 unspecified atom stereocenters. The quantitative estimate of drug-likeness (QED) is 0.851. The molecule has 0 radical (unpaired) electrons. The molecule has 3 atom stereocenters. The van der Waals surface area contributed by atoms with Crippen molar-refractivity contribution in [1.82, 2.24) is 4.90 Å². The van der Waals surface area contributed by atoms with Crippen LogP contribution in [0.2, 0.25) is 0 Å². The molecule has 0 fully saturated rings. The Morgan fingerprint density at radius 1 is 1.52 bits per heavy atom. The Kier molecular flexibility index (Phi) is 3.99. The van der Waals surface area contributed by atoms with E-state index in [-0.39, 0.29) is 17.9 Å². The zero-order valence-electron chi connectivity index (χ0n) is 13.7. The number of fused-ring (bicyclic) bond motifs is 3. The van der Waals surface area contributed by atoms with Crippen LogP contribution in [0.4, 0.5) is 5.69 Å². The predicted octanol–water partition coefficient (Wildman–Crippen LogP) is 2.75. The lowest BCUT2D eigenvalue weighted by Crippen LogP contribution is -2.49. The molecule has 120 valence electrons. The van der Waals surface area contributed by atoms with Gasteiger partial charge in [0.05, 0.1) is 18.7 Å². The summed E-state index contributed by atoms with van der Waals surface area (Å²) in [5.41, 5.74) is 4.02. The molecule has 3 rings (SSSR count). The van der Waals surface area contributed by atoms with Gasteiger partial charge in [-0.15, -0.1) is 0 Å². The molecule has 1 N–H and O–H groups in total. The van der Waals surface area contributed by atoms with Crippen molar-refractivity contribution in [3.05, 3.63) is 41.1 Å². The molecule has 2 aliphatic rings. The first-order valence-corrected chi connectivity index (χ1v) is 7.91.